The predicted octanol–water partition coefficient (Wildman–Crippen LogP) is 3.63. The topological polar surface area (TPSA) is 66.8 Å². The zero-order valence-electron chi connectivity index (χ0n) is 15.6. The fraction of sp³-hybridized carbons (Fsp3) is 0.364. The summed E-state index contributed by atoms with van der Waals surface area (Å²) in [5.41, 5.74) is 2.86. The summed E-state index contributed by atoms with van der Waals surface area (Å²) in [6.45, 7) is 1.81. The van der Waals surface area contributed by atoms with Crippen molar-refractivity contribution in [1.29, 1.82) is 0 Å². The first-order valence-corrected chi connectivity index (χ1v) is 9.27. The van der Waals surface area contributed by atoms with Gasteiger partial charge in [0.2, 0.25) is 0 Å². The number of ether oxygens (including phenoxy) is 1. The average Bonchev–Trinajstić information content (AvgIpc) is 2.69. The lowest BCUT2D eigenvalue weighted by atomic mass is 9.88. The van der Waals surface area contributed by atoms with Gasteiger partial charge in [-0.05, 0) is 48.4 Å². The van der Waals surface area contributed by atoms with Crippen LogP contribution in [-0.2, 0) is 17.8 Å². The van der Waals surface area contributed by atoms with Crippen molar-refractivity contribution >= 4 is 11.9 Å². The van der Waals surface area contributed by atoms with E-state index in [1.165, 1.54) is 0 Å². The third kappa shape index (κ3) is 4.55. The molecule has 2 aromatic rings. The first-order chi connectivity index (χ1) is 13.1. The Balaban J connectivity index is 1.63. The van der Waals surface area contributed by atoms with Gasteiger partial charge in [0.1, 0.15) is 0 Å². The van der Waals surface area contributed by atoms with Crippen LogP contribution in [0, 0.1) is 5.92 Å². The van der Waals surface area contributed by atoms with E-state index in [2.05, 4.69) is 0 Å². The Morgan fingerprint density at radius 2 is 1.59 bits per heavy atom. The number of benzene rings is 2. The maximum Gasteiger partial charge on any atom is 0.335 e. The van der Waals surface area contributed by atoms with Gasteiger partial charge in [0.05, 0.1) is 12.2 Å². The van der Waals surface area contributed by atoms with Gasteiger partial charge < -0.3 is 14.7 Å². The maximum absolute atomic E-state index is 12.9. The molecule has 0 aliphatic carbocycles. The molecule has 142 valence electrons. The standard InChI is InChI=1S/C22H25NO4/c1-27-15-18-7-3-4-8-19(18)21(24)23-12-10-16(11-13-23)14-17-6-2-5-9-20(17)22(25)26/h2-9,16H,10-15H2,1H3,(H,25,26). The summed E-state index contributed by atoms with van der Waals surface area (Å²) in [5, 5.41) is 9.34. The zero-order valence-corrected chi connectivity index (χ0v) is 15.6. The van der Waals surface area contributed by atoms with Gasteiger partial charge in [-0.15, -0.1) is 0 Å². The summed E-state index contributed by atoms with van der Waals surface area (Å²) >= 11 is 0. The molecule has 1 amide bonds. The molecule has 5 heteroatoms. The molecule has 1 fully saturated rings. The van der Waals surface area contributed by atoms with Crippen molar-refractivity contribution in [2.75, 3.05) is 20.2 Å². The summed E-state index contributed by atoms with van der Waals surface area (Å²) in [6.07, 6.45) is 2.50. The molecule has 1 aliphatic heterocycles. The number of carbonyl (C=O) groups excluding carboxylic acids is 1. The highest BCUT2D eigenvalue weighted by molar-refractivity contribution is 5.95. The normalized spacial score (nSPS) is 14.9. The second kappa shape index (κ2) is 8.82. The van der Waals surface area contributed by atoms with Crippen LogP contribution >= 0.6 is 0 Å². The first-order valence-electron chi connectivity index (χ1n) is 9.27. The van der Waals surface area contributed by atoms with Gasteiger partial charge in [0, 0.05) is 25.8 Å². The minimum Gasteiger partial charge on any atom is -0.478 e. The summed E-state index contributed by atoms with van der Waals surface area (Å²) in [6, 6.07) is 14.8. The molecular formula is C22H25NO4. The van der Waals surface area contributed by atoms with Crippen molar-refractivity contribution in [3.63, 3.8) is 0 Å². The van der Waals surface area contributed by atoms with Crippen LogP contribution in [0.25, 0.3) is 0 Å². The highest BCUT2D eigenvalue weighted by Gasteiger charge is 2.25. The number of piperidine rings is 1. The van der Waals surface area contributed by atoms with Crippen molar-refractivity contribution in [1.82, 2.24) is 4.90 Å². The fourth-order valence-corrected chi connectivity index (χ4v) is 3.74. The molecule has 0 spiro atoms. The largest absolute Gasteiger partial charge is 0.478 e. The van der Waals surface area contributed by atoms with Crippen molar-refractivity contribution in [3.8, 4) is 0 Å². The van der Waals surface area contributed by atoms with E-state index in [1.807, 2.05) is 41.3 Å². The molecular weight excluding hydrogens is 342 g/mol. The molecule has 0 unspecified atom stereocenters. The molecule has 3 rings (SSSR count). The molecule has 1 heterocycles. The van der Waals surface area contributed by atoms with Gasteiger partial charge in [-0.1, -0.05) is 36.4 Å². The monoisotopic (exact) mass is 367 g/mol. The average molecular weight is 367 g/mol. The number of amides is 1. The van der Waals surface area contributed by atoms with Crippen LogP contribution in [0.4, 0.5) is 0 Å². The van der Waals surface area contributed by atoms with E-state index in [0.717, 1.165) is 30.4 Å². The van der Waals surface area contributed by atoms with Crippen molar-refractivity contribution in [3.05, 3.63) is 70.8 Å². The summed E-state index contributed by atoms with van der Waals surface area (Å²) in [4.78, 5) is 26.2. The number of hydrogen-bond donors (Lipinski definition) is 1. The molecule has 0 atom stereocenters. The van der Waals surface area contributed by atoms with Gasteiger partial charge in [0.15, 0.2) is 0 Å². The van der Waals surface area contributed by atoms with Gasteiger partial charge >= 0.3 is 5.97 Å². The molecule has 0 bridgehead atoms. The third-order valence-corrected chi connectivity index (χ3v) is 5.21. The molecule has 0 aromatic heterocycles. The van der Waals surface area contributed by atoms with Crippen molar-refractivity contribution < 1.29 is 19.4 Å². The fourth-order valence-electron chi connectivity index (χ4n) is 3.74. The SMILES string of the molecule is COCc1ccccc1C(=O)N1CCC(Cc2ccccc2C(=O)O)CC1. The molecule has 5 nitrogen and oxygen atoms in total. The van der Waals surface area contributed by atoms with Crippen LogP contribution in [0.1, 0.15) is 44.7 Å². The van der Waals surface area contributed by atoms with Crippen LogP contribution in [0.2, 0.25) is 0 Å². The Bertz CT molecular complexity index is 809. The van der Waals surface area contributed by atoms with E-state index in [9.17, 15) is 14.7 Å². The van der Waals surface area contributed by atoms with Gasteiger partial charge in [-0.2, -0.15) is 0 Å². The Hall–Kier alpha value is -2.66. The van der Waals surface area contributed by atoms with Crippen LogP contribution < -0.4 is 0 Å². The number of nitrogens with zero attached hydrogens (tertiary/aromatic N) is 1. The number of carboxylic acids is 1. The summed E-state index contributed by atoms with van der Waals surface area (Å²) < 4.78 is 5.20. The lowest BCUT2D eigenvalue weighted by Gasteiger charge is -2.32. The summed E-state index contributed by atoms with van der Waals surface area (Å²) in [5.74, 6) is -0.441. The molecule has 1 saturated heterocycles. The number of rotatable bonds is 6. The van der Waals surface area contributed by atoms with Crippen LogP contribution in [0.3, 0.4) is 0 Å². The molecule has 0 radical (unpaired) electrons. The van der Waals surface area contributed by atoms with Crippen LogP contribution in [0.5, 0.6) is 0 Å². The maximum atomic E-state index is 12.9. The number of aromatic carboxylic acids is 1. The van der Waals surface area contributed by atoms with E-state index < -0.39 is 5.97 Å². The number of hydrogen-bond acceptors (Lipinski definition) is 3. The Labute approximate surface area is 159 Å². The lowest BCUT2D eigenvalue weighted by Crippen LogP contribution is -2.39. The predicted molar refractivity (Wildman–Crippen MR) is 103 cm³/mol. The molecule has 27 heavy (non-hydrogen) atoms. The Morgan fingerprint density at radius 3 is 2.22 bits per heavy atom. The second-order valence-corrected chi connectivity index (χ2v) is 6.99. The minimum atomic E-state index is -0.882. The summed E-state index contributed by atoms with van der Waals surface area (Å²) in [7, 11) is 1.63. The third-order valence-electron chi connectivity index (χ3n) is 5.21. The molecule has 1 aliphatic rings. The Kier molecular flexibility index (Phi) is 6.24. The Morgan fingerprint density at radius 1 is 1.00 bits per heavy atom. The molecule has 2 aromatic carbocycles. The van der Waals surface area contributed by atoms with Crippen molar-refractivity contribution in [2.45, 2.75) is 25.9 Å². The lowest BCUT2D eigenvalue weighted by molar-refractivity contribution is 0.0686. The van der Waals surface area contributed by atoms with Gasteiger partial charge in [0.25, 0.3) is 5.91 Å². The second-order valence-electron chi connectivity index (χ2n) is 6.99. The quantitative estimate of drug-likeness (QED) is 0.847. The van der Waals surface area contributed by atoms with E-state index in [1.54, 1.807) is 19.2 Å². The highest BCUT2D eigenvalue weighted by Crippen LogP contribution is 2.25. The smallest absolute Gasteiger partial charge is 0.335 e. The molecule has 0 saturated carbocycles. The van der Waals surface area contributed by atoms with Crippen LogP contribution in [0.15, 0.2) is 48.5 Å². The van der Waals surface area contributed by atoms with Gasteiger partial charge in [-0.3, -0.25) is 4.79 Å². The highest BCUT2D eigenvalue weighted by atomic mass is 16.5. The number of methoxy groups -OCH3 is 1. The van der Waals surface area contributed by atoms with E-state index in [4.69, 9.17) is 4.74 Å². The molecule has 1 N–H and O–H groups in total. The number of carbonyl (C=O) groups is 2. The number of likely N-dealkylation sites (tertiary alicyclic amines) is 1. The minimum absolute atomic E-state index is 0.0482. The number of carboxylic acid groups (broad SMARTS) is 1. The first kappa shape index (κ1) is 19.1. The zero-order chi connectivity index (χ0) is 19.2. The van der Waals surface area contributed by atoms with E-state index in [0.29, 0.717) is 36.7 Å². The van der Waals surface area contributed by atoms with Gasteiger partial charge in [-0.25, -0.2) is 4.79 Å². The van der Waals surface area contributed by atoms with Crippen LogP contribution in [-0.4, -0.2) is 42.1 Å². The van der Waals surface area contributed by atoms with E-state index >= 15 is 0 Å². The van der Waals surface area contributed by atoms with Crippen molar-refractivity contribution in [2.24, 2.45) is 5.92 Å². The van der Waals surface area contributed by atoms with E-state index in [-0.39, 0.29) is 5.91 Å².